The molecule has 7 nitrogen and oxygen atoms in total. The number of ether oxygens (including phenoxy) is 1. The monoisotopic (exact) mass is 384 g/mol. The number of quaternary nitrogens is 1. The van der Waals surface area contributed by atoms with Gasteiger partial charge in [0.1, 0.15) is 18.0 Å². The van der Waals surface area contributed by atoms with Crippen molar-refractivity contribution in [2.45, 2.75) is 39.3 Å². The molecule has 0 saturated heterocycles. The van der Waals surface area contributed by atoms with Crippen molar-refractivity contribution in [2.24, 2.45) is 0 Å². The molecule has 1 saturated carbocycles. The molecule has 3 rings (SSSR count). The Morgan fingerprint density at radius 2 is 1.86 bits per heavy atom. The Bertz CT molecular complexity index is 876. The third-order valence-corrected chi connectivity index (χ3v) is 5.22. The van der Waals surface area contributed by atoms with Crippen molar-refractivity contribution in [3.63, 3.8) is 0 Å². The van der Waals surface area contributed by atoms with Gasteiger partial charge in [-0.1, -0.05) is 0 Å². The Kier molecular flexibility index (Phi) is 5.94. The van der Waals surface area contributed by atoms with Gasteiger partial charge in [-0.15, -0.1) is 0 Å². The fourth-order valence-corrected chi connectivity index (χ4v) is 3.30. The number of hydrogen-bond acceptors (Lipinski definition) is 4. The highest BCUT2D eigenvalue weighted by molar-refractivity contribution is 5.94. The van der Waals surface area contributed by atoms with E-state index in [0.29, 0.717) is 6.04 Å². The average molecular weight is 384 g/mol. The quantitative estimate of drug-likeness (QED) is 0.541. The second-order valence-electron chi connectivity index (χ2n) is 7.39. The van der Waals surface area contributed by atoms with Crippen molar-refractivity contribution in [1.29, 1.82) is 0 Å². The molecule has 0 radical (unpaired) electrons. The number of carbonyl (C=O) groups is 1. The standard InChI is InChI=1S/C21H25N3O4/c1-14-10-19(20(24(26)27)11-15(14)2)22-21(25)13-23(17-6-7-17)12-16-4-8-18(28-3)9-5-16/h4-5,8-11,17H,6-7,12-13H2,1-3H3,(H,22,25)/p+1. The SMILES string of the molecule is COc1ccc(C[NH+](CC(=O)Nc2cc(C)c(C)cc2[N+](=O)[O-])C2CC2)cc1. The smallest absolute Gasteiger partial charge is 0.293 e. The van der Waals surface area contributed by atoms with Crippen LogP contribution in [0.5, 0.6) is 5.75 Å². The molecule has 0 spiro atoms. The van der Waals surface area contributed by atoms with Crippen LogP contribution < -0.4 is 15.0 Å². The van der Waals surface area contributed by atoms with Crippen LogP contribution in [0.3, 0.4) is 0 Å². The van der Waals surface area contributed by atoms with Crippen LogP contribution in [-0.4, -0.2) is 30.5 Å². The normalized spacial score (nSPS) is 14.4. The van der Waals surface area contributed by atoms with E-state index < -0.39 is 4.92 Å². The molecule has 0 aliphatic heterocycles. The van der Waals surface area contributed by atoms with E-state index in [0.717, 1.165) is 41.8 Å². The molecule has 1 unspecified atom stereocenters. The highest BCUT2D eigenvalue weighted by atomic mass is 16.6. The highest BCUT2D eigenvalue weighted by Crippen LogP contribution is 2.27. The molecule has 2 N–H and O–H groups in total. The number of rotatable bonds is 8. The molecule has 1 aliphatic rings. The number of nitrogens with one attached hydrogen (secondary N) is 2. The molecule has 0 heterocycles. The average Bonchev–Trinajstić information content (AvgIpc) is 3.49. The van der Waals surface area contributed by atoms with Gasteiger partial charge >= 0.3 is 0 Å². The lowest BCUT2D eigenvalue weighted by Crippen LogP contribution is -3.13. The van der Waals surface area contributed by atoms with Gasteiger partial charge in [0.15, 0.2) is 6.54 Å². The van der Waals surface area contributed by atoms with E-state index in [1.165, 1.54) is 11.0 Å². The third kappa shape index (κ3) is 4.86. The number of carbonyl (C=O) groups excluding carboxylic acids is 1. The largest absolute Gasteiger partial charge is 0.497 e. The summed E-state index contributed by atoms with van der Waals surface area (Å²) in [6.07, 6.45) is 2.20. The number of nitro benzene ring substituents is 1. The number of nitro groups is 1. The zero-order chi connectivity index (χ0) is 20.3. The third-order valence-electron chi connectivity index (χ3n) is 5.22. The Hall–Kier alpha value is -2.93. The van der Waals surface area contributed by atoms with Crippen LogP contribution in [0.1, 0.15) is 29.5 Å². The van der Waals surface area contributed by atoms with Crippen LogP contribution in [0.15, 0.2) is 36.4 Å². The van der Waals surface area contributed by atoms with Crippen LogP contribution in [0.2, 0.25) is 0 Å². The van der Waals surface area contributed by atoms with Gasteiger partial charge in [0.25, 0.3) is 11.6 Å². The maximum absolute atomic E-state index is 12.6. The lowest BCUT2D eigenvalue weighted by molar-refractivity contribution is -0.916. The predicted octanol–water partition coefficient (Wildman–Crippen LogP) is 2.41. The number of methoxy groups -OCH3 is 1. The zero-order valence-electron chi connectivity index (χ0n) is 16.5. The molecule has 2 aromatic rings. The molecule has 148 valence electrons. The fraction of sp³-hybridized carbons (Fsp3) is 0.381. The van der Waals surface area contributed by atoms with E-state index in [1.54, 1.807) is 13.2 Å². The van der Waals surface area contributed by atoms with Crippen LogP contribution in [0.4, 0.5) is 11.4 Å². The first-order chi connectivity index (χ1) is 13.4. The molecule has 7 heteroatoms. The summed E-state index contributed by atoms with van der Waals surface area (Å²) in [5.41, 5.74) is 3.06. The summed E-state index contributed by atoms with van der Waals surface area (Å²) in [5.74, 6) is 0.596. The Morgan fingerprint density at radius 3 is 2.43 bits per heavy atom. The molecule has 1 fully saturated rings. The maximum atomic E-state index is 12.6. The van der Waals surface area contributed by atoms with Gasteiger partial charge < -0.3 is 15.0 Å². The lowest BCUT2D eigenvalue weighted by Gasteiger charge is -2.19. The van der Waals surface area contributed by atoms with E-state index in [1.807, 2.05) is 38.1 Å². The molecular formula is C21H26N3O4+. The van der Waals surface area contributed by atoms with E-state index in [9.17, 15) is 14.9 Å². The van der Waals surface area contributed by atoms with Gasteiger partial charge in [0, 0.05) is 24.5 Å². The van der Waals surface area contributed by atoms with Crippen LogP contribution in [-0.2, 0) is 11.3 Å². The summed E-state index contributed by atoms with van der Waals surface area (Å²) >= 11 is 0. The number of aryl methyl sites for hydroxylation is 2. The first-order valence-electron chi connectivity index (χ1n) is 9.40. The van der Waals surface area contributed by atoms with Crippen molar-refractivity contribution in [3.8, 4) is 5.75 Å². The summed E-state index contributed by atoms with van der Waals surface area (Å²) in [6.45, 7) is 4.71. The molecule has 1 atom stereocenters. The summed E-state index contributed by atoms with van der Waals surface area (Å²) in [6, 6.07) is 11.5. The van der Waals surface area contributed by atoms with E-state index >= 15 is 0 Å². The molecule has 2 aromatic carbocycles. The summed E-state index contributed by atoms with van der Waals surface area (Å²) in [4.78, 5) is 24.7. The first kappa shape index (κ1) is 19.8. The van der Waals surface area contributed by atoms with Gasteiger partial charge in [-0.05, 0) is 55.3 Å². The number of anilines is 1. The summed E-state index contributed by atoms with van der Waals surface area (Å²) in [7, 11) is 1.63. The van der Waals surface area contributed by atoms with Gasteiger partial charge in [0.05, 0.1) is 18.1 Å². The van der Waals surface area contributed by atoms with Gasteiger partial charge in [-0.3, -0.25) is 14.9 Å². The van der Waals surface area contributed by atoms with Gasteiger partial charge in [-0.25, -0.2) is 0 Å². The molecule has 0 bridgehead atoms. The molecule has 1 aliphatic carbocycles. The maximum Gasteiger partial charge on any atom is 0.293 e. The van der Waals surface area contributed by atoms with Crippen LogP contribution in [0, 0.1) is 24.0 Å². The summed E-state index contributed by atoms with van der Waals surface area (Å²) < 4.78 is 5.19. The van der Waals surface area contributed by atoms with Crippen molar-refractivity contribution < 1.29 is 19.4 Å². The fourth-order valence-electron chi connectivity index (χ4n) is 3.30. The number of hydrogen-bond donors (Lipinski definition) is 2. The Morgan fingerprint density at radius 1 is 1.21 bits per heavy atom. The molecule has 0 aromatic heterocycles. The van der Waals surface area contributed by atoms with Crippen LogP contribution in [0.25, 0.3) is 0 Å². The second kappa shape index (κ2) is 8.39. The topological polar surface area (TPSA) is 85.9 Å². The number of nitrogens with zero attached hydrogens (tertiary/aromatic N) is 1. The highest BCUT2D eigenvalue weighted by Gasteiger charge is 2.35. The van der Waals surface area contributed by atoms with Gasteiger partial charge in [0.2, 0.25) is 0 Å². The van der Waals surface area contributed by atoms with Crippen LogP contribution >= 0.6 is 0 Å². The zero-order valence-corrected chi connectivity index (χ0v) is 16.5. The molecule has 1 amide bonds. The Balaban J connectivity index is 1.69. The van der Waals surface area contributed by atoms with E-state index in [4.69, 9.17) is 4.74 Å². The van der Waals surface area contributed by atoms with E-state index in [-0.39, 0.29) is 23.8 Å². The lowest BCUT2D eigenvalue weighted by atomic mass is 10.1. The second-order valence-corrected chi connectivity index (χ2v) is 7.39. The van der Waals surface area contributed by atoms with Crippen molar-refractivity contribution in [3.05, 3.63) is 63.2 Å². The molecular weight excluding hydrogens is 358 g/mol. The Labute approximate surface area is 164 Å². The number of amides is 1. The predicted molar refractivity (Wildman–Crippen MR) is 107 cm³/mol. The van der Waals surface area contributed by atoms with Crippen molar-refractivity contribution in [2.75, 3.05) is 19.0 Å². The van der Waals surface area contributed by atoms with Gasteiger partial charge in [-0.2, -0.15) is 0 Å². The minimum absolute atomic E-state index is 0.0698. The summed E-state index contributed by atoms with van der Waals surface area (Å²) in [5, 5.41) is 14.1. The number of benzene rings is 2. The van der Waals surface area contributed by atoms with Crippen molar-refractivity contribution in [1.82, 2.24) is 0 Å². The minimum Gasteiger partial charge on any atom is -0.497 e. The van der Waals surface area contributed by atoms with Crippen molar-refractivity contribution >= 4 is 17.3 Å². The minimum atomic E-state index is -0.453. The van der Waals surface area contributed by atoms with E-state index in [2.05, 4.69) is 5.32 Å². The molecule has 28 heavy (non-hydrogen) atoms. The first-order valence-corrected chi connectivity index (χ1v) is 9.40.